The Kier molecular flexibility index (Phi) is 5.60. The Morgan fingerprint density at radius 3 is 2.56 bits per heavy atom. The minimum Gasteiger partial charge on any atom is -0.457 e. The first-order chi connectivity index (χ1) is 16.5. The summed E-state index contributed by atoms with van der Waals surface area (Å²) in [5.41, 5.74) is 7.22. The van der Waals surface area contributed by atoms with E-state index in [1.165, 1.54) is 6.08 Å². The number of hydrogen-bond acceptors (Lipinski definition) is 4. The van der Waals surface area contributed by atoms with Crippen molar-refractivity contribution < 1.29 is 13.6 Å². The van der Waals surface area contributed by atoms with Crippen LogP contribution in [0.5, 0.6) is 0 Å². The van der Waals surface area contributed by atoms with E-state index in [4.69, 9.17) is 8.83 Å². The molecule has 5 rings (SSSR count). The molecule has 2 aromatic heterocycles. The molecule has 0 atom stereocenters. The largest absolute Gasteiger partial charge is 0.457 e. The Balaban J connectivity index is 1.35. The molecule has 168 valence electrons. The third-order valence-corrected chi connectivity index (χ3v) is 5.73. The van der Waals surface area contributed by atoms with Crippen molar-refractivity contribution in [2.24, 2.45) is 0 Å². The number of hydrogen-bond donors (Lipinski definition) is 1. The minimum atomic E-state index is -0.248. The molecule has 0 spiro atoms. The number of furan rings is 1. The van der Waals surface area contributed by atoms with Crippen LogP contribution in [0, 0.1) is 20.8 Å². The summed E-state index contributed by atoms with van der Waals surface area (Å²) in [6.07, 6.45) is 3.12. The van der Waals surface area contributed by atoms with Gasteiger partial charge in [0.1, 0.15) is 17.0 Å². The Hall–Kier alpha value is -4.38. The zero-order valence-corrected chi connectivity index (χ0v) is 19.3. The molecule has 5 aromatic rings. The summed E-state index contributed by atoms with van der Waals surface area (Å²) in [6.45, 7) is 6.00. The van der Waals surface area contributed by atoms with Crippen molar-refractivity contribution in [1.29, 1.82) is 0 Å². The van der Waals surface area contributed by atoms with Gasteiger partial charge >= 0.3 is 0 Å². The fraction of sp³-hybridized carbons (Fsp3) is 0.103. The molecule has 1 N–H and O–H groups in total. The van der Waals surface area contributed by atoms with Crippen LogP contribution >= 0.6 is 0 Å². The summed E-state index contributed by atoms with van der Waals surface area (Å²) in [7, 11) is 0. The number of nitrogens with zero attached hydrogens (tertiary/aromatic N) is 1. The molecule has 3 aromatic carbocycles. The molecule has 34 heavy (non-hydrogen) atoms. The van der Waals surface area contributed by atoms with Crippen LogP contribution in [-0.2, 0) is 4.79 Å². The van der Waals surface area contributed by atoms with Crippen molar-refractivity contribution in [3.05, 3.63) is 101 Å². The van der Waals surface area contributed by atoms with Gasteiger partial charge in [-0.15, -0.1) is 0 Å². The third kappa shape index (κ3) is 4.28. The normalized spacial score (nSPS) is 11.4. The number of aromatic nitrogens is 1. The molecule has 5 nitrogen and oxygen atoms in total. The first-order valence-corrected chi connectivity index (χ1v) is 11.1. The van der Waals surface area contributed by atoms with Gasteiger partial charge in [0.15, 0.2) is 5.58 Å². The van der Waals surface area contributed by atoms with Crippen LogP contribution in [0.25, 0.3) is 40.0 Å². The van der Waals surface area contributed by atoms with Gasteiger partial charge in [-0.1, -0.05) is 42.5 Å². The van der Waals surface area contributed by atoms with Gasteiger partial charge in [-0.05, 0) is 73.9 Å². The van der Waals surface area contributed by atoms with Crippen LogP contribution in [0.15, 0.2) is 87.7 Å². The maximum atomic E-state index is 12.6. The molecular weight excluding hydrogens is 424 g/mol. The maximum absolute atomic E-state index is 12.6. The van der Waals surface area contributed by atoms with E-state index in [1.54, 1.807) is 6.08 Å². The van der Waals surface area contributed by atoms with Crippen molar-refractivity contribution in [3.8, 4) is 22.8 Å². The average Bonchev–Trinajstić information content (AvgIpc) is 3.47. The second-order valence-electron chi connectivity index (χ2n) is 8.32. The lowest BCUT2D eigenvalue weighted by Crippen LogP contribution is -2.09. The summed E-state index contributed by atoms with van der Waals surface area (Å²) in [5.74, 6) is 1.66. The maximum Gasteiger partial charge on any atom is 0.248 e. The number of carbonyl (C=O) groups is 1. The predicted octanol–water partition coefficient (Wildman–Crippen LogP) is 7.33. The molecule has 0 radical (unpaired) electrons. The van der Waals surface area contributed by atoms with Crippen molar-refractivity contribution in [2.75, 3.05) is 5.32 Å². The molecular formula is C29H24N2O3. The zero-order chi connectivity index (χ0) is 23.7. The Labute approximate surface area is 197 Å². The van der Waals surface area contributed by atoms with Gasteiger partial charge < -0.3 is 14.2 Å². The SMILES string of the molecule is Cc1cc(C)c2oc(-c3cccc(NC(=O)C=Cc4ccc(-c5ccccc5)o4)c3C)nc2c1. The Morgan fingerprint density at radius 1 is 0.912 bits per heavy atom. The molecule has 0 saturated heterocycles. The van der Waals surface area contributed by atoms with Crippen molar-refractivity contribution in [1.82, 2.24) is 4.98 Å². The quantitative estimate of drug-likeness (QED) is 0.286. The molecule has 0 bridgehead atoms. The van der Waals surface area contributed by atoms with Gasteiger partial charge in [0, 0.05) is 22.9 Å². The first-order valence-electron chi connectivity index (χ1n) is 11.1. The van der Waals surface area contributed by atoms with Crippen molar-refractivity contribution >= 4 is 28.8 Å². The molecule has 5 heteroatoms. The van der Waals surface area contributed by atoms with Gasteiger partial charge in [0.2, 0.25) is 11.8 Å². The number of carbonyl (C=O) groups excluding carboxylic acids is 1. The Morgan fingerprint density at radius 2 is 1.74 bits per heavy atom. The summed E-state index contributed by atoms with van der Waals surface area (Å²) in [5, 5.41) is 2.95. The van der Waals surface area contributed by atoms with E-state index in [0.29, 0.717) is 17.3 Å². The van der Waals surface area contributed by atoms with Crippen LogP contribution in [0.1, 0.15) is 22.5 Å². The highest BCUT2D eigenvalue weighted by Crippen LogP contribution is 2.32. The molecule has 0 aliphatic rings. The minimum absolute atomic E-state index is 0.248. The predicted molar refractivity (Wildman–Crippen MR) is 135 cm³/mol. The number of rotatable bonds is 5. The van der Waals surface area contributed by atoms with Crippen LogP contribution in [0.3, 0.4) is 0 Å². The van der Waals surface area contributed by atoms with Crippen molar-refractivity contribution in [3.63, 3.8) is 0 Å². The third-order valence-electron chi connectivity index (χ3n) is 5.73. The summed E-state index contributed by atoms with van der Waals surface area (Å²) in [4.78, 5) is 17.3. The monoisotopic (exact) mass is 448 g/mol. The highest BCUT2D eigenvalue weighted by atomic mass is 16.3. The standard InChI is InChI=1S/C29H24N2O3/c1-18-16-19(2)28-25(17-18)31-29(34-28)23-10-7-11-24(20(23)3)30-27(32)15-13-22-12-14-26(33-22)21-8-5-4-6-9-21/h4-17H,1-3H3,(H,30,32). The van der Waals surface area contributed by atoms with Crippen LogP contribution < -0.4 is 5.32 Å². The summed E-state index contributed by atoms with van der Waals surface area (Å²) < 4.78 is 11.9. The van der Waals surface area contributed by atoms with E-state index in [-0.39, 0.29) is 5.91 Å². The number of fused-ring (bicyclic) bond motifs is 1. The lowest BCUT2D eigenvalue weighted by molar-refractivity contribution is -0.111. The van der Waals surface area contributed by atoms with Gasteiger partial charge in [-0.2, -0.15) is 0 Å². The van der Waals surface area contributed by atoms with Gasteiger partial charge in [-0.25, -0.2) is 4.98 Å². The average molecular weight is 449 g/mol. The molecule has 1 amide bonds. The molecule has 0 aliphatic carbocycles. The van der Waals surface area contributed by atoms with Crippen LogP contribution in [0.2, 0.25) is 0 Å². The molecule has 0 saturated carbocycles. The van der Waals surface area contributed by atoms with Gasteiger partial charge in [0.25, 0.3) is 0 Å². The number of oxazole rings is 1. The van der Waals surface area contributed by atoms with E-state index in [2.05, 4.69) is 16.4 Å². The lowest BCUT2D eigenvalue weighted by Gasteiger charge is -2.09. The van der Waals surface area contributed by atoms with Gasteiger partial charge in [0.05, 0.1) is 0 Å². The van der Waals surface area contributed by atoms with Crippen LogP contribution in [0.4, 0.5) is 5.69 Å². The number of amides is 1. The number of aryl methyl sites for hydroxylation is 2. The van der Waals surface area contributed by atoms with E-state index in [0.717, 1.165) is 44.7 Å². The first kappa shape index (κ1) is 21.5. The fourth-order valence-corrected chi connectivity index (χ4v) is 4.03. The number of benzene rings is 3. The zero-order valence-electron chi connectivity index (χ0n) is 19.3. The van der Waals surface area contributed by atoms with Crippen molar-refractivity contribution in [2.45, 2.75) is 20.8 Å². The lowest BCUT2D eigenvalue weighted by atomic mass is 10.1. The highest BCUT2D eigenvalue weighted by molar-refractivity contribution is 6.02. The van der Waals surface area contributed by atoms with E-state index in [1.807, 2.05) is 87.5 Å². The topological polar surface area (TPSA) is 68.3 Å². The summed E-state index contributed by atoms with van der Waals surface area (Å²) >= 11 is 0. The second kappa shape index (κ2) is 8.87. The number of anilines is 1. The molecule has 2 heterocycles. The molecule has 0 unspecified atom stereocenters. The smallest absolute Gasteiger partial charge is 0.248 e. The number of nitrogens with one attached hydrogen (secondary N) is 1. The van der Waals surface area contributed by atoms with Gasteiger partial charge in [-0.3, -0.25) is 4.79 Å². The van der Waals surface area contributed by atoms with E-state index >= 15 is 0 Å². The Bertz CT molecular complexity index is 1520. The second-order valence-corrected chi connectivity index (χ2v) is 8.32. The van der Waals surface area contributed by atoms with Crippen LogP contribution in [-0.4, -0.2) is 10.9 Å². The molecule has 0 aliphatic heterocycles. The highest BCUT2D eigenvalue weighted by Gasteiger charge is 2.15. The van der Waals surface area contributed by atoms with E-state index < -0.39 is 0 Å². The summed E-state index contributed by atoms with van der Waals surface area (Å²) in [6, 6.07) is 23.4. The van der Waals surface area contributed by atoms with E-state index in [9.17, 15) is 4.79 Å². The fourth-order valence-electron chi connectivity index (χ4n) is 4.03. The molecule has 0 fully saturated rings.